The van der Waals surface area contributed by atoms with Crippen LogP contribution in [0.3, 0.4) is 0 Å². The Labute approximate surface area is 320 Å². The maximum absolute atomic E-state index is 6.51. The van der Waals surface area contributed by atoms with E-state index in [-0.39, 0.29) is 24.4 Å². The van der Waals surface area contributed by atoms with Gasteiger partial charge in [-0.3, -0.25) is 0 Å². The number of benzene rings is 4. The Bertz CT molecular complexity index is 1580. The van der Waals surface area contributed by atoms with Gasteiger partial charge in [0.2, 0.25) is 0 Å². The van der Waals surface area contributed by atoms with Gasteiger partial charge in [-0.2, -0.15) is 0 Å². The van der Waals surface area contributed by atoms with Gasteiger partial charge in [0.05, 0.1) is 81.3 Å². The number of methoxy groups -OCH3 is 8. The number of hydrogen-bond acceptors (Lipinski definition) is 10. The smallest absolute Gasteiger partial charge is 0.161 e. The monoisotopic (exact) mass is 744 g/mol. The molecule has 0 aliphatic carbocycles. The molecule has 0 N–H and O–H groups in total. The van der Waals surface area contributed by atoms with Crippen molar-refractivity contribution < 1.29 is 47.4 Å². The van der Waals surface area contributed by atoms with Crippen LogP contribution in [0.5, 0.6) is 46.0 Å². The van der Waals surface area contributed by atoms with E-state index in [2.05, 4.69) is 27.7 Å². The highest BCUT2D eigenvalue weighted by molar-refractivity contribution is 5.47. The van der Waals surface area contributed by atoms with Crippen molar-refractivity contribution in [2.24, 2.45) is 23.7 Å². The molecule has 10 nitrogen and oxygen atoms in total. The first-order valence-electron chi connectivity index (χ1n) is 18.3. The summed E-state index contributed by atoms with van der Waals surface area (Å²) in [6.45, 7) is 8.92. The quantitative estimate of drug-likeness (QED) is 0.140. The lowest BCUT2D eigenvalue weighted by Gasteiger charge is -2.18. The van der Waals surface area contributed by atoms with Crippen LogP contribution in [0.25, 0.3) is 0 Å². The predicted octanol–water partition coefficient (Wildman–Crippen LogP) is 9.61. The standard InChI is InChI=1S/2C22H28O5/c2*1-13-14(2)22(16-8-10-18(24-4)20(12-16)26-6)27-21(13)15-7-9-17(23-3)19(11-15)25-5/h2*7-14,21-22H,1-6H3/t13-,14+,21-,22+;13-,14+,21-,22-/m.0/s1. The molecular formula is C44H56O10. The molecule has 4 aromatic carbocycles. The van der Waals surface area contributed by atoms with Crippen LogP contribution in [0.15, 0.2) is 72.8 Å². The molecule has 0 bridgehead atoms. The summed E-state index contributed by atoms with van der Waals surface area (Å²) in [5.74, 6) is 7.13. The van der Waals surface area contributed by atoms with Crippen LogP contribution >= 0.6 is 0 Å². The fourth-order valence-corrected chi connectivity index (χ4v) is 7.56. The second kappa shape index (κ2) is 18.0. The molecule has 292 valence electrons. The molecule has 6 rings (SSSR count). The Morgan fingerprint density at radius 1 is 0.296 bits per heavy atom. The van der Waals surface area contributed by atoms with Gasteiger partial charge in [-0.1, -0.05) is 52.0 Å². The van der Waals surface area contributed by atoms with E-state index in [0.717, 1.165) is 45.3 Å². The minimum atomic E-state index is -0.0158. The number of ether oxygens (including phenoxy) is 10. The Kier molecular flexibility index (Phi) is 13.5. The molecule has 0 unspecified atom stereocenters. The largest absolute Gasteiger partial charge is 0.493 e. The lowest BCUT2D eigenvalue weighted by atomic mass is 9.85. The summed E-state index contributed by atoms with van der Waals surface area (Å²) in [7, 11) is 13.2. The molecule has 8 atom stereocenters. The van der Waals surface area contributed by atoms with Crippen molar-refractivity contribution in [3.05, 3.63) is 95.1 Å². The third-order valence-corrected chi connectivity index (χ3v) is 11.1. The van der Waals surface area contributed by atoms with Gasteiger partial charge in [0, 0.05) is 0 Å². The zero-order valence-corrected chi connectivity index (χ0v) is 33.6. The van der Waals surface area contributed by atoms with Crippen molar-refractivity contribution in [3.63, 3.8) is 0 Å². The second-order valence-electron chi connectivity index (χ2n) is 13.8. The van der Waals surface area contributed by atoms with Crippen LogP contribution in [0.2, 0.25) is 0 Å². The first kappa shape index (κ1) is 40.4. The molecule has 2 heterocycles. The molecule has 0 amide bonds. The lowest BCUT2D eigenvalue weighted by molar-refractivity contribution is 0.0287. The van der Waals surface area contributed by atoms with Gasteiger partial charge in [0.15, 0.2) is 46.0 Å². The summed E-state index contributed by atoms with van der Waals surface area (Å²) in [4.78, 5) is 0. The van der Waals surface area contributed by atoms with Crippen LogP contribution in [0.4, 0.5) is 0 Å². The normalized spacial score (nSPS) is 24.5. The SMILES string of the molecule is COc1ccc([C@H]2O[C@@H](c3ccc(OC)c(OC)c3)[C@H](C)[C@@H]2C)cc1OC.COc1ccc([C@H]2O[C@H](c3ccc(OC)c(OC)c3)[C@@H](C)[C@H]2C)cc1OC. The van der Waals surface area contributed by atoms with Gasteiger partial charge in [0.1, 0.15) is 0 Å². The van der Waals surface area contributed by atoms with Crippen LogP contribution < -0.4 is 37.9 Å². The molecule has 4 aromatic rings. The topological polar surface area (TPSA) is 92.3 Å². The minimum absolute atomic E-state index is 0.0158. The van der Waals surface area contributed by atoms with Crippen LogP contribution in [-0.2, 0) is 9.47 Å². The highest BCUT2D eigenvalue weighted by atomic mass is 16.5. The fraction of sp³-hybridized carbons (Fsp3) is 0.455. The maximum atomic E-state index is 6.51. The van der Waals surface area contributed by atoms with Crippen molar-refractivity contribution >= 4 is 0 Å². The van der Waals surface area contributed by atoms with Gasteiger partial charge >= 0.3 is 0 Å². The summed E-state index contributed by atoms with van der Waals surface area (Å²) < 4.78 is 56.2. The van der Waals surface area contributed by atoms with Crippen molar-refractivity contribution in [1.29, 1.82) is 0 Å². The molecule has 2 aliphatic heterocycles. The van der Waals surface area contributed by atoms with Gasteiger partial charge < -0.3 is 47.4 Å². The minimum Gasteiger partial charge on any atom is -0.493 e. The van der Waals surface area contributed by atoms with Gasteiger partial charge in [0.25, 0.3) is 0 Å². The molecular weight excluding hydrogens is 688 g/mol. The summed E-state index contributed by atoms with van der Waals surface area (Å²) in [5.41, 5.74) is 4.37. The Morgan fingerprint density at radius 2 is 0.481 bits per heavy atom. The molecule has 2 aliphatic rings. The third kappa shape index (κ3) is 8.15. The summed E-state index contributed by atoms with van der Waals surface area (Å²) in [6, 6.07) is 23.9. The average molecular weight is 745 g/mol. The van der Waals surface area contributed by atoms with Gasteiger partial charge in [-0.05, 0) is 94.5 Å². The van der Waals surface area contributed by atoms with E-state index in [1.807, 2.05) is 72.8 Å². The molecule has 2 fully saturated rings. The molecule has 0 radical (unpaired) electrons. The average Bonchev–Trinajstić information content (AvgIpc) is 3.69. The maximum Gasteiger partial charge on any atom is 0.161 e. The van der Waals surface area contributed by atoms with E-state index in [4.69, 9.17) is 47.4 Å². The van der Waals surface area contributed by atoms with Crippen molar-refractivity contribution in [1.82, 2.24) is 0 Å². The predicted molar refractivity (Wildman–Crippen MR) is 208 cm³/mol. The van der Waals surface area contributed by atoms with E-state index >= 15 is 0 Å². The Balaban J connectivity index is 0.000000208. The first-order valence-corrected chi connectivity index (χ1v) is 18.3. The van der Waals surface area contributed by atoms with Crippen molar-refractivity contribution in [2.45, 2.75) is 52.1 Å². The van der Waals surface area contributed by atoms with Crippen LogP contribution in [0.1, 0.15) is 74.4 Å². The second-order valence-corrected chi connectivity index (χ2v) is 13.8. The van der Waals surface area contributed by atoms with E-state index in [1.54, 1.807) is 56.9 Å². The van der Waals surface area contributed by atoms with Crippen LogP contribution in [0, 0.1) is 23.7 Å². The lowest BCUT2D eigenvalue weighted by Crippen LogP contribution is -2.10. The molecule has 2 saturated heterocycles. The molecule has 0 aromatic heterocycles. The highest BCUT2D eigenvalue weighted by Gasteiger charge is 2.42. The molecule has 54 heavy (non-hydrogen) atoms. The number of rotatable bonds is 12. The van der Waals surface area contributed by atoms with Gasteiger partial charge in [-0.25, -0.2) is 0 Å². The zero-order chi connectivity index (χ0) is 39.1. The molecule has 0 saturated carbocycles. The van der Waals surface area contributed by atoms with E-state index < -0.39 is 0 Å². The number of hydrogen-bond donors (Lipinski definition) is 0. The van der Waals surface area contributed by atoms with Crippen LogP contribution in [-0.4, -0.2) is 56.9 Å². The van der Waals surface area contributed by atoms with E-state index in [0.29, 0.717) is 46.7 Å². The zero-order valence-electron chi connectivity index (χ0n) is 33.6. The summed E-state index contributed by atoms with van der Waals surface area (Å²) in [5, 5.41) is 0. The Hall–Kier alpha value is -4.80. The summed E-state index contributed by atoms with van der Waals surface area (Å²) in [6.07, 6.45) is -0.0633. The molecule has 10 heteroatoms. The molecule has 0 spiro atoms. The highest BCUT2D eigenvalue weighted by Crippen LogP contribution is 2.52. The van der Waals surface area contributed by atoms with E-state index in [9.17, 15) is 0 Å². The fourth-order valence-electron chi connectivity index (χ4n) is 7.56. The third-order valence-electron chi connectivity index (χ3n) is 11.1. The Morgan fingerprint density at radius 3 is 0.648 bits per heavy atom. The first-order chi connectivity index (χ1) is 26.1. The van der Waals surface area contributed by atoms with E-state index in [1.165, 1.54) is 0 Å². The van der Waals surface area contributed by atoms with Crippen molar-refractivity contribution in [2.75, 3.05) is 56.9 Å². The summed E-state index contributed by atoms with van der Waals surface area (Å²) >= 11 is 0. The van der Waals surface area contributed by atoms with Crippen molar-refractivity contribution in [3.8, 4) is 46.0 Å². The van der Waals surface area contributed by atoms with Gasteiger partial charge in [-0.15, -0.1) is 0 Å².